The average Bonchev–Trinajstić information content (AvgIpc) is 3.36. The van der Waals surface area contributed by atoms with Crippen LogP contribution in [0.25, 0.3) is 17.0 Å². The minimum absolute atomic E-state index is 0.124. The summed E-state index contributed by atoms with van der Waals surface area (Å²) in [6.45, 7) is 5.55. The van der Waals surface area contributed by atoms with Gasteiger partial charge in [0.1, 0.15) is 5.58 Å². The first-order chi connectivity index (χ1) is 14.4. The van der Waals surface area contributed by atoms with E-state index in [1.807, 2.05) is 61.7 Å². The number of hydrogen-bond acceptors (Lipinski definition) is 5. The average molecular weight is 417 g/mol. The highest BCUT2D eigenvalue weighted by Crippen LogP contribution is 2.30. The van der Waals surface area contributed by atoms with Gasteiger partial charge in [0, 0.05) is 17.7 Å². The number of allylic oxidation sites excluding steroid dienone is 1. The summed E-state index contributed by atoms with van der Waals surface area (Å²) >= 11 is 1.35. The van der Waals surface area contributed by atoms with Crippen LogP contribution >= 0.6 is 11.3 Å². The summed E-state index contributed by atoms with van der Waals surface area (Å²) in [5.41, 5.74) is 4.32. The van der Waals surface area contributed by atoms with E-state index in [4.69, 9.17) is 4.42 Å². The third-order valence-corrected chi connectivity index (χ3v) is 5.68. The molecule has 6 heteroatoms. The summed E-state index contributed by atoms with van der Waals surface area (Å²) in [6.07, 6.45) is 3.07. The molecule has 0 radical (unpaired) electrons. The zero-order valence-corrected chi connectivity index (χ0v) is 17.7. The summed E-state index contributed by atoms with van der Waals surface area (Å²) in [7, 11) is 0. The molecule has 0 bridgehead atoms. The fourth-order valence-electron chi connectivity index (χ4n) is 3.09. The smallest absolute Gasteiger partial charge is 0.230 e. The van der Waals surface area contributed by atoms with Gasteiger partial charge in [-0.2, -0.15) is 0 Å². The largest absolute Gasteiger partial charge is 0.453 e. The van der Waals surface area contributed by atoms with Gasteiger partial charge in [0.05, 0.1) is 11.4 Å². The van der Waals surface area contributed by atoms with Crippen molar-refractivity contribution in [2.24, 2.45) is 0 Å². The Morgan fingerprint density at radius 1 is 1.07 bits per heavy atom. The first-order valence-electron chi connectivity index (χ1n) is 9.47. The summed E-state index contributed by atoms with van der Waals surface area (Å²) < 4.78 is 5.60. The second-order valence-electron chi connectivity index (χ2n) is 7.02. The van der Waals surface area contributed by atoms with Crippen molar-refractivity contribution in [3.05, 3.63) is 82.6 Å². The predicted molar refractivity (Wildman–Crippen MR) is 120 cm³/mol. The zero-order chi connectivity index (χ0) is 21.3. The fourth-order valence-corrected chi connectivity index (χ4v) is 3.95. The highest BCUT2D eigenvalue weighted by molar-refractivity contribution is 7.14. The quantitative estimate of drug-likeness (QED) is 0.292. The van der Waals surface area contributed by atoms with Gasteiger partial charge in [-0.05, 0) is 61.4 Å². The Labute approximate surface area is 178 Å². The van der Waals surface area contributed by atoms with Crippen LogP contribution in [0.4, 0.5) is 10.8 Å². The number of aromatic nitrogens is 1. The molecule has 0 N–H and O–H groups in total. The van der Waals surface area contributed by atoms with E-state index in [1.165, 1.54) is 24.3 Å². The van der Waals surface area contributed by atoms with E-state index in [2.05, 4.69) is 4.98 Å². The van der Waals surface area contributed by atoms with Crippen LogP contribution in [-0.2, 0) is 4.79 Å². The van der Waals surface area contributed by atoms with Crippen molar-refractivity contribution in [3.63, 3.8) is 0 Å². The molecule has 0 aliphatic heterocycles. The van der Waals surface area contributed by atoms with E-state index in [0.717, 1.165) is 22.2 Å². The van der Waals surface area contributed by atoms with Gasteiger partial charge in [0.25, 0.3) is 0 Å². The molecule has 2 aromatic carbocycles. The van der Waals surface area contributed by atoms with Gasteiger partial charge in [-0.3, -0.25) is 14.5 Å². The molecule has 1 amide bonds. The SMILES string of the molecule is CC(=O)N(c1ccc(C)c(C)c1)c1nc(/C=C/C(=O)c2cc3ccccc3o2)cs1. The molecule has 0 spiro atoms. The molecular weight excluding hydrogens is 396 g/mol. The molecular formula is C24H20N2O3S. The molecule has 30 heavy (non-hydrogen) atoms. The van der Waals surface area contributed by atoms with Gasteiger partial charge in [-0.15, -0.1) is 11.3 Å². The fraction of sp³-hybridized carbons (Fsp3) is 0.125. The van der Waals surface area contributed by atoms with E-state index >= 15 is 0 Å². The Morgan fingerprint density at radius 3 is 2.60 bits per heavy atom. The molecule has 0 atom stereocenters. The Hall–Kier alpha value is -3.51. The molecule has 0 fully saturated rings. The maximum Gasteiger partial charge on any atom is 0.230 e. The first-order valence-corrected chi connectivity index (χ1v) is 10.3. The first kappa shape index (κ1) is 19.8. The summed E-state index contributed by atoms with van der Waals surface area (Å²) in [5.74, 6) is -0.0804. The molecule has 0 saturated carbocycles. The van der Waals surface area contributed by atoms with Crippen LogP contribution in [0.3, 0.4) is 0 Å². The topological polar surface area (TPSA) is 63.4 Å². The number of thiazole rings is 1. The van der Waals surface area contributed by atoms with Gasteiger partial charge >= 0.3 is 0 Å². The van der Waals surface area contributed by atoms with Crippen molar-refractivity contribution in [1.29, 1.82) is 0 Å². The molecule has 0 aliphatic rings. The lowest BCUT2D eigenvalue weighted by molar-refractivity contribution is -0.115. The van der Waals surface area contributed by atoms with Crippen molar-refractivity contribution in [2.75, 3.05) is 4.90 Å². The van der Waals surface area contributed by atoms with Crippen LogP contribution in [0.1, 0.15) is 34.3 Å². The molecule has 0 unspecified atom stereocenters. The number of amides is 1. The summed E-state index contributed by atoms with van der Waals surface area (Å²) in [4.78, 5) is 30.9. The van der Waals surface area contributed by atoms with E-state index in [0.29, 0.717) is 16.4 Å². The number of furan rings is 1. The number of para-hydroxylation sites is 1. The lowest BCUT2D eigenvalue weighted by Gasteiger charge is -2.19. The Balaban J connectivity index is 1.56. The molecule has 2 aromatic heterocycles. The van der Waals surface area contributed by atoms with Crippen LogP contribution in [0.5, 0.6) is 0 Å². The number of benzene rings is 2. The number of rotatable bonds is 5. The third kappa shape index (κ3) is 3.95. The number of hydrogen-bond donors (Lipinski definition) is 0. The van der Waals surface area contributed by atoms with Crippen LogP contribution in [-0.4, -0.2) is 16.7 Å². The van der Waals surface area contributed by atoms with Gasteiger partial charge < -0.3 is 4.42 Å². The van der Waals surface area contributed by atoms with E-state index < -0.39 is 0 Å². The van der Waals surface area contributed by atoms with Crippen molar-refractivity contribution >= 4 is 50.9 Å². The minimum atomic E-state index is -0.238. The third-order valence-electron chi connectivity index (χ3n) is 4.84. The van der Waals surface area contributed by atoms with Gasteiger partial charge in [0.2, 0.25) is 11.7 Å². The predicted octanol–water partition coefficient (Wildman–Crippen LogP) is 6.09. The van der Waals surface area contributed by atoms with E-state index in [9.17, 15) is 9.59 Å². The van der Waals surface area contributed by atoms with Crippen molar-refractivity contribution in [1.82, 2.24) is 4.98 Å². The number of ketones is 1. The number of carbonyl (C=O) groups is 2. The Bertz CT molecular complexity index is 1250. The maximum atomic E-state index is 12.5. The van der Waals surface area contributed by atoms with Crippen molar-refractivity contribution in [2.45, 2.75) is 20.8 Å². The van der Waals surface area contributed by atoms with Gasteiger partial charge in [0.15, 0.2) is 10.9 Å². The Kier molecular flexibility index (Phi) is 5.33. The van der Waals surface area contributed by atoms with Crippen molar-refractivity contribution < 1.29 is 14.0 Å². The number of aryl methyl sites for hydroxylation is 2. The van der Waals surface area contributed by atoms with Crippen LogP contribution in [0.2, 0.25) is 0 Å². The number of fused-ring (bicyclic) bond motifs is 1. The normalized spacial score (nSPS) is 11.3. The second kappa shape index (κ2) is 8.08. The number of carbonyl (C=O) groups excluding carboxylic acids is 2. The Morgan fingerprint density at radius 2 is 1.87 bits per heavy atom. The zero-order valence-electron chi connectivity index (χ0n) is 16.9. The van der Waals surface area contributed by atoms with Gasteiger partial charge in [-0.1, -0.05) is 24.3 Å². The monoisotopic (exact) mass is 416 g/mol. The minimum Gasteiger partial charge on any atom is -0.453 e. The lowest BCUT2D eigenvalue weighted by Crippen LogP contribution is -2.22. The molecule has 150 valence electrons. The maximum absolute atomic E-state index is 12.5. The van der Waals surface area contributed by atoms with Gasteiger partial charge in [-0.25, -0.2) is 4.98 Å². The molecule has 0 aliphatic carbocycles. The second-order valence-corrected chi connectivity index (χ2v) is 7.86. The molecule has 4 aromatic rings. The number of nitrogens with zero attached hydrogens (tertiary/aromatic N) is 2. The lowest BCUT2D eigenvalue weighted by atomic mass is 10.1. The van der Waals surface area contributed by atoms with Crippen LogP contribution < -0.4 is 4.90 Å². The van der Waals surface area contributed by atoms with E-state index in [1.54, 1.807) is 17.0 Å². The van der Waals surface area contributed by atoms with E-state index in [-0.39, 0.29) is 17.5 Å². The van der Waals surface area contributed by atoms with Crippen LogP contribution in [0.15, 0.2) is 64.4 Å². The highest BCUT2D eigenvalue weighted by Gasteiger charge is 2.18. The van der Waals surface area contributed by atoms with Crippen molar-refractivity contribution in [3.8, 4) is 0 Å². The summed E-state index contributed by atoms with van der Waals surface area (Å²) in [6, 6.07) is 15.1. The molecule has 0 saturated heterocycles. The van der Waals surface area contributed by atoms with Crippen LogP contribution in [0, 0.1) is 13.8 Å². The molecule has 4 rings (SSSR count). The summed E-state index contributed by atoms with van der Waals surface area (Å²) in [5, 5.41) is 3.26. The molecule has 5 nitrogen and oxygen atoms in total. The number of anilines is 2. The standard InChI is InChI=1S/C24H20N2O3S/c1-15-8-10-20(12-16(15)2)26(17(3)27)24-25-19(14-30-24)9-11-21(28)23-13-18-6-4-5-7-22(18)29-23/h4-14H,1-3H3/b11-9+. The molecule has 2 heterocycles. The highest BCUT2D eigenvalue weighted by atomic mass is 32.1.